The van der Waals surface area contributed by atoms with Gasteiger partial charge in [0.1, 0.15) is 12.1 Å². The fraction of sp³-hybridized carbons (Fsp3) is 0.0588. The molecule has 2 N–H and O–H groups in total. The third kappa shape index (κ3) is 2.01. The fourth-order valence-electron chi connectivity index (χ4n) is 2.64. The number of aromatic amines is 1. The van der Waals surface area contributed by atoms with Gasteiger partial charge in [0.15, 0.2) is 0 Å². The molecule has 0 amide bonds. The van der Waals surface area contributed by atoms with E-state index in [2.05, 4.69) is 51.5 Å². The monoisotopic (exact) mass is 274 g/mol. The van der Waals surface area contributed by atoms with Gasteiger partial charge in [-0.1, -0.05) is 12.1 Å². The molecule has 0 aliphatic heterocycles. The van der Waals surface area contributed by atoms with Crippen LogP contribution in [0, 0.1) is 6.92 Å². The van der Waals surface area contributed by atoms with E-state index < -0.39 is 0 Å². The van der Waals surface area contributed by atoms with Crippen molar-refractivity contribution >= 4 is 33.3 Å². The van der Waals surface area contributed by atoms with E-state index in [9.17, 15) is 0 Å². The molecular weight excluding hydrogens is 260 g/mol. The van der Waals surface area contributed by atoms with Crippen LogP contribution in [-0.2, 0) is 0 Å². The van der Waals surface area contributed by atoms with Crippen LogP contribution in [0.1, 0.15) is 5.56 Å². The Hall–Kier alpha value is -2.88. The summed E-state index contributed by atoms with van der Waals surface area (Å²) < 4.78 is 0. The number of anilines is 2. The topological polar surface area (TPSA) is 53.6 Å². The van der Waals surface area contributed by atoms with Gasteiger partial charge in [-0.25, -0.2) is 9.97 Å². The van der Waals surface area contributed by atoms with Crippen LogP contribution in [0.25, 0.3) is 21.8 Å². The Labute approximate surface area is 121 Å². The molecule has 0 spiro atoms. The lowest BCUT2D eigenvalue weighted by molar-refractivity contribution is 1.21. The zero-order valence-corrected chi connectivity index (χ0v) is 11.6. The molecular formula is C17H14N4. The van der Waals surface area contributed by atoms with Gasteiger partial charge >= 0.3 is 0 Å². The van der Waals surface area contributed by atoms with Crippen molar-refractivity contribution < 1.29 is 0 Å². The highest BCUT2D eigenvalue weighted by Crippen LogP contribution is 2.27. The van der Waals surface area contributed by atoms with Gasteiger partial charge in [0, 0.05) is 28.2 Å². The molecule has 4 aromatic rings. The maximum absolute atomic E-state index is 4.40. The molecule has 0 aliphatic carbocycles. The normalized spacial score (nSPS) is 11.1. The molecule has 0 fully saturated rings. The van der Waals surface area contributed by atoms with Gasteiger partial charge in [-0.05, 0) is 42.8 Å². The highest BCUT2D eigenvalue weighted by Gasteiger charge is 2.07. The Kier molecular flexibility index (Phi) is 2.60. The minimum absolute atomic E-state index is 0.841. The summed E-state index contributed by atoms with van der Waals surface area (Å²) in [5.41, 5.74) is 4.27. The zero-order chi connectivity index (χ0) is 14.2. The predicted molar refractivity (Wildman–Crippen MR) is 85.9 cm³/mol. The maximum atomic E-state index is 4.40. The second-order valence-corrected chi connectivity index (χ2v) is 5.10. The van der Waals surface area contributed by atoms with Crippen LogP contribution < -0.4 is 5.32 Å². The number of nitrogens with zero attached hydrogens (tertiary/aromatic N) is 2. The molecule has 0 aliphatic rings. The SMILES string of the molecule is Cc1cccc2ncnc(Nc3ccc4[nH]ccc4c3)c12. The largest absolute Gasteiger partial charge is 0.361 e. The number of hydrogen-bond acceptors (Lipinski definition) is 3. The van der Waals surface area contributed by atoms with E-state index in [1.165, 1.54) is 10.9 Å². The Morgan fingerprint density at radius 1 is 1.05 bits per heavy atom. The maximum Gasteiger partial charge on any atom is 0.141 e. The molecule has 0 radical (unpaired) electrons. The molecule has 0 saturated heterocycles. The predicted octanol–water partition coefficient (Wildman–Crippen LogP) is 4.16. The minimum atomic E-state index is 0.841. The first-order valence-corrected chi connectivity index (χ1v) is 6.86. The van der Waals surface area contributed by atoms with E-state index in [-0.39, 0.29) is 0 Å². The van der Waals surface area contributed by atoms with Crippen molar-refractivity contribution in [1.82, 2.24) is 15.0 Å². The van der Waals surface area contributed by atoms with Gasteiger partial charge in [-0.3, -0.25) is 0 Å². The highest BCUT2D eigenvalue weighted by atomic mass is 15.0. The first-order valence-electron chi connectivity index (χ1n) is 6.86. The smallest absolute Gasteiger partial charge is 0.141 e. The summed E-state index contributed by atoms with van der Waals surface area (Å²) in [5, 5.41) is 5.64. The first-order chi connectivity index (χ1) is 10.3. The van der Waals surface area contributed by atoms with Crippen LogP contribution in [0.15, 0.2) is 55.0 Å². The molecule has 0 bridgehead atoms. The lowest BCUT2D eigenvalue weighted by atomic mass is 10.1. The number of aromatic nitrogens is 3. The van der Waals surface area contributed by atoms with Crippen molar-refractivity contribution in [1.29, 1.82) is 0 Å². The third-order valence-corrected chi connectivity index (χ3v) is 3.69. The van der Waals surface area contributed by atoms with Crippen molar-refractivity contribution in [2.24, 2.45) is 0 Å². The van der Waals surface area contributed by atoms with E-state index >= 15 is 0 Å². The van der Waals surface area contributed by atoms with E-state index in [4.69, 9.17) is 0 Å². The number of fused-ring (bicyclic) bond motifs is 2. The van der Waals surface area contributed by atoms with Crippen LogP contribution in [-0.4, -0.2) is 15.0 Å². The Bertz CT molecular complexity index is 934. The molecule has 0 unspecified atom stereocenters. The van der Waals surface area contributed by atoms with Gasteiger partial charge in [0.2, 0.25) is 0 Å². The summed E-state index contributed by atoms with van der Waals surface area (Å²) in [4.78, 5) is 11.9. The summed E-state index contributed by atoms with van der Waals surface area (Å²) in [6.07, 6.45) is 3.54. The van der Waals surface area contributed by atoms with E-state index in [0.717, 1.165) is 27.9 Å². The number of aryl methyl sites for hydroxylation is 1. The van der Waals surface area contributed by atoms with Gasteiger partial charge < -0.3 is 10.3 Å². The number of rotatable bonds is 2. The molecule has 2 aromatic carbocycles. The van der Waals surface area contributed by atoms with Crippen molar-refractivity contribution in [2.45, 2.75) is 6.92 Å². The van der Waals surface area contributed by atoms with E-state index in [1.807, 2.05) is 24.4 Å². The number of hydrogen-bond donors (Lipinski definition) is 2. The summed E-state index contributed by atoms with van der Waals surface area (Å²) >= 11 is 0. The van der Waals surface area contributed by atoms with Crippen LogP contribution in [0.5, 0.6) is 0 Å². The molecule has 0 saturated carbocycles. The Balaban J connectivity index is 1.83. The highest BCUT2D eigenvalue weighted by molar-refractivity contribution is 5.94. The first kappa shape index (κ1) is 11.9. The second kappa shape index (κ2) is 4.59. The fourth-order valence-corrected chi connectivity index (χ4v) is 2.64. The molecule has 2 aromatic heterocycles. The summed E-state index contributed by atoms with van der Waals surface area (Å²) in [5.74, 6) is 0.841. The van der Waals surface area contributed by atoms with Gasteiger partial charge in [0.25, 0.3) is 0 Å². The van der Waals surface area contributed by atoms with Crippen molar-refractivity contribution in [2.75, 3.05) is 5.32 Å². The van der Waals surface area contributed by atoms with Crippen molar-refractivity contribution in [3.05, 3.63) is 60.6 Å². The summed E-state index contributed by atoms with van der Waals surface area (Å²) in [6, 6.07) is 14.4. The number of H-pyrrole nitrogens is 1. The minimum Gasteiger partial charge on any atom is -0.361 e. The second-order valence-electron chi connectivity index (χ2n) is 5.10. The van der Waals surface area contributed by atoms with Gasteiger partial charge in [-0.2, -0.15) is 0 Å². The quantitative estimate of drug-likeness (QED) is 0.577. The van der Waals surface area contributed by atoms with Crippen molar-refractivity contribution in [3.63, 3.8) is 0 Å². The summed E-state index contributed by atoms with van der Waals surface area (Å²) in [7, 11) is 0. The molecule has 0 atom stereocenters. The average Bonchev–Trinajstić information content (AvgIpc) is 2.95. The van der Waals surface area contributed by atoms with Crippen LogP contribution in [0.3, 0.4) is 0 Å². The van der Waals surface area contributed by atoms with Gasteiger partial charge in [0.05, 0.1) is 5.52 Å². The lowest BCUT2D eigenvalue weighted by Gasteiger charge is -2.10. The number of benzene rings is 2. The van der Waals surface area contributed by atoms with Gasteiger partial charge in [-0.15, -0.1) is 0 Å². The Morgan fingerprint density at radius 3 is 2.95 bits per heavy atom. The third-order valence-electron chi connectivity index (χ3n) is 3.69. The van der Waals surface area contributed by atoms with Crippen LogP contribution in [0.4, 0.5) is 11.5 Å². The van der Waals surface area contributed by atoms with Crippen molar-refractivity contribution in [3.8, 4) is 0 Å². The van der Waals surface area contributed by atoms with Crippen LogP contribution in [0.2, 0.25) is 0 Å². The zero-order valence-electron chi connectivity index (χ0n) is 11.6. The summed E-state index contributed by atoms with van der Waals surface area (Å²) in [6.45, 7) is 2.08. The molecule has 4 nitrogen and oxygen atoms in total. The molecule has 21 heavy (non-hydrogen) atoms. The van der Waals surface area contributed by atoms with E-state index in [1.54, 1.807) is 6.33 Å². The molecule has 102 valence electrons. The Morgan fingerprint density at radius 2 is 2.00 bits per heavy atom. The standard InChI is InChI=1S/C17H14N4/c1-11-3-2-4-15-16(11)17(20-10-19-15)21-13-5-6-14-12(9-13)7-8-18-14/h2-10,18H,1H3,(H,19,20,21). The average molecular weight is 274 g/mol. The molecule has 2 heterocycles. The number of nitrogens with one attached hydrogen (secondary N) is 2. The van der Waals surface area contributed by atoms with Crippen LogP contribution >= 0.6 is 0 Å². The van der Waals surface area contributed by atoms with E-state index in [0.29, 0.717) is 0 Å². The molecule has 4 rings (SSSR count). The lowest BCUT2D eigenvalue weighted by Crippen LogP contribution is -1.97. The molecule has 4 heteroatoms.